The number of hydrogen-bond acceptors (Lipinski definition) is 6. The fourth-order valence-corrected chi connectivity index (χ4v) is 4.71. The molecule has 0 spiro atoms. The summed E-state index contributed by atoms with van der Waals surface area (Å²) in [4.78, 5) is 27.0. The number of fused-ring (bicyclic) bond motifs is 1. The van der Waals surface area contributed by atoms with Crippen molar-refractivity contribution in [3.05, 3.63) is 50.9 Å². The van der Waals surface area contributed by atoms with Crippen LogP contribution in [0.1, 0.15) is 29.2 Å². The molecule has 0 amide bonds. The summed E-state index contributed by atoms with van der Waals surface area (Å²) in [5, 5.41) is 10.2. The second-order valence-electron chi connectivity index (χ2n) is 7.13. The van der Waals surface area contributed by atoms with Crippen molar-refractivity contribution in [2.24, 2.45) is 0 Å². The first-order valence-corrected chi connectivity index (χ1v) is 10.0. The van der Waals surface area contributed by atoms with Crippen molar-refractivity contribution >= 4 is 27.2 Å². The van der Waals surface area contributed by atoms with E-state index < -0.39 is 0 Å². The van der Waals surface area contributed by atoms with E-state index in [9.17, 15) is 9.90 Å². The highest BCUT2D eigenvalue weighted by atomic mass is 32.1. The Morgan fingerprint density at radius 1 is 1.15 bits per heavy atom. The topological polar surface area (TPSA) is 72.5 Å². The number of nitrogens with one attached hydrogen (secondary N) is 1. The summed E-state index contributed by atoms with van der Waals surface area (Å²) in [7, 11) is 0. The smallest absolute Gasteiger partial charge is 0.259 e. The van der Waals surface area contributed by atoms with Crippen LogP contribution in [0, 0.1) is 13.8 Å². The number of aromatic hydroxyl groups is 1. The van der Waals surface area contributed by atoms with E-state index in [2.05, 4.69) is 21.7 Å². The van der Waals surface area contributed by atoms with Crippen molar-refractivity contribution in [2.75, 3.05) is 31.1 Å². The molecule has 0 saturated carbocycles. The number of phenolic OH excluding ortho intramolecular Hbond substituents is 1. The Balaban J connectivity index is 1.51. The second kappa shape index (κ2) is 6.98. The van der Waals surface area contributed by atoms with Crippen LogP contribution in [0.5, 0.6) is 5.75 Å². The van der Waals surface area contributed by atoms with E-state index >= 15 is 0 Å². The highest BCUT2D eigenvalue weighted by molar-refractivity contribution is 7.18. The molecule has 27 heavy (non-hydrogen) atoms. The lowest BCUT2D eigenvalue weighted by molar-refractivity contribution is 0.192. The minimum absolute atomic E-state index is 0.0357. The molecule has 1 aliphatic heterocycles. The fraction of sp³-hybridized carbons (Fsp3) is 0.400. The summed E-state index contributed by atoms with van der Waals surface area (Å²) in [6.07, 6.45) is 0. The van der Waals surface area contributed by atoms with Crippen LogP contribution in [0.4, 0.5) is 5.69 Å². The van der Waals surface area contributed by atoms with Gasteiger partial charge in [0.2, 0.25) is 0 Å². The number of hydrogen-bond donors (Lipinski definition) is 2. The molecule has 0 unspecified atom stereocenters. The molecule has 1 fully saturated rings. The summed E-state index contributed by atoms with van der Waals surface area (Å²) >= 11 is 1.59. The van der Waals surface area contributed by atoms with Gasteiger partial charge in [-0.15, -0.1) is 11.3 Å². The van der Waals surface area contributed by atoms with Gasteiger partial charge in [-0.1, -0.05) is 0 Å². The van der Waals surface area contributed by atoms with Crippen LogP contribution >= 0.6 is 11.3 Å². The Kier molecular flexibility index (Phi) is 4.65. The minimum Gasteiger partial charge on any atom is -0.508 e. The molecule has 3 heterocycles. The number of H-pyrrole nitrogens is 1. The van der Waals surface area contributed by atoms with Crippen molar-refractivity contribution in [3.63, 3.8) is 0 Å². The third-order valence-corrected chi connectivity index (χ3v) is 6.63. The minimum atomic E-state index is -0.0357. The van der Waals surface area contributed by atoms with Crippen LogP contribution in [-0.2, 0) is 0 Å². The van der Waals surface area contributed by atoms with Gasteiger partial charge in [0.1, 0.15) is 16.4 Å². The summed E-state index contributed by atoms with van der Waals surface area (Å²) in [6, 6.07) is 7.40. The van der Waals surface area contributed by atoms with Crippen LogP contribution in [-0.4, -0.2) is 46.2 Å². The number of aromatic nitrogens is 2. The molecule has 2 aromatic heterocycles. The molecule has 0 aliphatic carbocycles. The van der Waals surface area contributed by atoms with E-state index in [1.807, 2.05) is 26.0 Å². The maximum atomic E-state index is 12.5. The average molecular weight is 385 g/mol. The lowest BCUT2D eigenvalue weighted by atomic mass is 10.2. The SMILES string of the molecule is Cc1sc2nc([C@@H](C)N3CCN(c4ccc(O)cc4)CC3)[nH]c(=O)c2c1C. The molecule has 1 atom stereocenters. The molecule has 6 nitrogen and oxygen atoms in total. The Bertz CT molecular complexity index is 1020. The van der Waals surface area contributed by atoms with Gasteiger partial charge in [0.15, 0.2) is 0 Å². The van der Waals surface area contributed by atoms with E-state index in [1.165, 1.54) is 0 Å². The van der Waals surface area contributed by atoms with Crippen molar-refractivity contribution < 1.29 is 5.11 Å². The summed E-state index contributed by atoms with van der Waals surface area (Å²) in [5.74, 6) is 1.03. The van der Waals surface area contributed by atoms with Gasteiger partial charge in [-0.05, 0) is 50.6 Å². The van der Waals surface area contributed by atoms with Crippen LogP contribution in [0.25, 0.3) is 10.2 Å². The van der Waals surface area contributed by atoms with E-state index in [0.29, 0.717) is 0 Å². The average Bonchev–Trinajstić information content (AvgIpc) is 2.96. The molecule has 1 saturated heterocycles. The summed E-state index contributed by atoms with van der Waals surface area (Å²) in [5.41, 5.74) is 2.12. The predicted octanol–water partition coefficient (Wildman–Crippen LogP) is 3.19. The van der Waals surface area contributed by atoms with Crippen LogP contribution in [0.3, 0.4) is 0 Å². The molecule has 0 bridgehead atoms. The quantitative estimate of drug-likeness (QED) is 0.726. The highest BCUT2D eigenvalue weighted by Crippen LogP contribution is 2.28. The monoisotopic (exact) mass is 384 g/mol. The van der Waals surface area contributed by atoms with Gasteiger partial charge in [-0.3, -0.25) is 9.69 Å². The molecule has 4 rings (SSSR count). The molecule has 1 aromatic carbocycles. The number of benzene rings is 1. The molecular weight excluding hydrogens is 360 g/mol. The third kappa shape index (κ3) is 3.33. The zero-order valence-electron chi connectivity index (χ0n) is 15.8. The Morgan fingerprint density at radius 2 is 1.81 bits per heavy atom. The van der Waals surface area contributed by atoms with Crippen molar-refractivity contribution in [1.29, 1.82) is 0 Å². The Morgan fingerprint density at radius 3 is 2.48 bits per heavy atom. The molecule has 142 valence electrons. The van der Waals surface area contributed by atoms with Gasteiger partial charge in [0.05, 0.1) is 11.4 Å². The number of aromatic amines is 1. The number of thiophene rings is 1. The zero-order valence-corrected chi connectivity index (χ0v) is 16.6. The third-order valence-electron chi connectivity index (χ3n) is 5.53. The van der Waals surface area contributed by atoms with Crippen molar-refractivity contribution in [1.82, 2.24) is 14.9 Å². The van der Waals surface area contributed by atoms with Crippen molar-refractivity contribution in [2.45, 2.75) is 26.8 Å². The predicted molar refractivity (Wildman–Crippen MR) is 110 cm³/mol. The summed E-state index contributed by atoms with van der Waals surface area (Å²) < 4.78 is 0. The Hall–Kier alpha value is -2.38. The lowest BCUT2D eigenvalue weighted by Gasteiger charge is -2.38. The molecule has 7 heteroatoms. The molecule has 2 N–H and O–H groups in total. The van der Waals surface area contributed by atoms with E-state index in [0.717, 1.165) is 58.3 Å². The van der Waals surface area contributed by atoms with E-state index in [4.69, 9.17) is 4.98 Å². The number of aryl methyl sites for hydroxylation is 2. The zero-order chi connectivity index (χ0) is 19.1. The van der Waals surface area contributed by atoms with Gasteiger partial charge in [0.25, 0.3) is 5.56 Å². The second-order valence-corrected chi connectivity index (χ2v) is 8.33. The number of nitrogens with zero attached hydrogens (tertiary/aromatic N) is 3. The number of anilines is 1. The number of phenols is 1. The normalized spacial score (nSPS) is 16.8. The van der Waals surface area contributed by atoms with Crippen LogP contribution in [0.15, 0.2) is 29.1 Å². The maximum absolute atomic E-state index is 12.5. The van der Waals surface area contributed by atoms with Crippen LogP contribution in [0.2, 0.25) is 0 Å². The molecule has 0 radical (unpaired) electrons. The van der Waals surface area contributed by atoms with Gasteiger partial charge < -0.3 is 15.0 Å². The molecule has 1 aliphatic rings. The molecular formula is C20H24N4O2S. The standard InChI is InChI=1S/C20H24N4O2S/c1-12-14(3)27-20-17(12)19(26)21-18(22-20)13(2)23-8-10-24(11-9-23)15-4-6-16(25)7-5-15/h4-7,13,25H,8-11H2,1-3H3,(H,21,22,26)/t13-/m1/s1. The lowest BCUT2D eigenvalue weighted by Crippen LogP contribution is -2.47. The number of rotatable bonds is 3. The largest absolute Gasteiger partial charge is 0.508 e. The van der Waals surface area contributed by atoms with Gasteiger partial charge >= 0.3 is 0 Å². The van der Waals surface area contributed by atoms with Gasteiger partial charge in [-0.2, -0.15) is 0 Å². The fourth-order valence-electron chi connectivity index (χ4n) is 3.67. The summed E-state index contributed by atoms with van der Waals surface area (Å²) in [6.45, 7) is 9.72. The molecule has 3 aromatic rings. The van der Waals surface area contributed by atoms with E-state index in [1.54, 1.807) is 23.5 Å². The van der Waals surface area contributed by atoms with Gasteiger partial charge in [-0.25, -0.2) is 4.98 Å². The van der Waals surface area contributed by atoms with E-state index in [-0.39, 0.29) is 17.4 Å². The van der Waals surface area contributed by atoms with Crippen LogP contribution < -0.4 is 10.5 Å². The maximum Gasteiger partial charge on any atom is 0.259 e. The first-order valence-electron chi connectivity index (χ1n) is 9.22. The Labute approximate surface area is 162 Å². The number of piperazine rings is 1. The van der Waals surface area contributed by atoms with Gasteiger partial charge in [0, 0.05) is 36.7 Å². The first kappa shape index (κ1) is 18.0. The first-order chi connectivity index (χ1) is 12.9. The highest BCUT2D eigenvalue weighted by Gasteiger charge is 2.24. The van der Waals surface area contributed by atoms with Crippen molar-refractivity contribution in [3.8, 4) is 5.75 Å².